The van der Waals surface area contributed by atoms with E-state index in [1.165, 1.54) is 0 Å². The highest BCUT2D eigenvalue weighted by Gasteiger charge is 2.31. The number of esters is 1. The summed E-state index contributed by atoms with van der Waals surface area (Å²) < 4.78 is 27.6. The lowest BCUT2D eigenvalue weighted by Crippen LogP contribution is -2.38. The second-order valence-corrected chi connectivity index (χ2v) is 6.88. The first-order valence-electron chi connectivity index (χ1n) is 5.93. The molecule has 6 heteroatoms. The molecule has 1 fully saturated rings. The molecule has 5 nitrogen and oxygen atoms in total. The van der Waals surface area contributed by atoms with Gasteiger partial charge in [-0.2, -0.15) is 0 Å². The number of ether oxygens (including phenoxy) is 1. The van der Waals surface area contributed by atoms with Gasteiger partial charge in [-0.25, -0.2) is 8.42 Å². The molecule has 0 bridgehead atoms. The molecule has 0 aromatic carbocycles. The van der Waals surface area contributed by atoms with Crippen LogP contribution in [0.4, 0.5) is 0 Å². The number of nitrogens with zero attached hydrogens (tertiary/aromatic N) is 1. The van der Waals surface area contributed by atoms with Gasteiger partial charge in [-0.1, -0.05) is 6.92 Å². The van der Waals surface area contributed by atoms with Crippen LogP contribution >= 0.6 is 0 Å². The minimum atomic E-state index is -2.86. The predicted molar refractivity (Wildman–Crippen MR) is 65.5 cm³/mol. The minimum Gasteiger partial charge on any atom is -0.466 e. The average Bonchev–Trinajstić information content (AvgIpc) is 2.59. The third kappa shape index (κ3) is 4.27. The molecular weight excluding hydrogens is 242 g/mol. The van der Waals surface area contributed by atoms with E-state index >= 15 is 0 Å². The quantitative estimate of drug-likeness (QED) is 0.668. The standard InChI is InChI=1S/C11H21NO4S/c1-4-16-11(13)9(2)7-12(3)10-5-6-17(14,15)8-10/h9-10H,4-8H2,1-3H3. The SMILES string of the molecule is CCOC(=O)C(C)CN(C)C1CCS(=O)(=O)C1. The van der Waals surface area contributed by atoms with Gasteiger partial charge in [0, 0.05) is 12.6 Å². The first-order valence-corrected chi connectivity index (χ1v) is 7.75. The van der Waals surface area contributed by atoms with Crippen molar-refractivity contribution in [1.29, 1.82) is 0 Å². The minimum absolute atomic E-state index is 0.0388. The molecule has 0 aromatic heterocycles. The van der Waals surface area contributed by atoms with Crippen LogP contribution < -0.4 is 0 Å². The molecule has 0 aliphatic carbocycles. The van der Waals surface area contributed by atoms with Crippen LogP contribution in [-0.2, 0) is 19.4 Å². The highest BCUT2D eigenvalue weighted by atomic mass is 32.2. The van der Waals surface area contributed by atoms with Crippen molar-refractivity contribution >= 4 is 15.8 Å². The zero-order valence-corrected chi connectivity index (χ0v) is 11.5. The second kappa shape index (κ2) is 5.82. The number of sulfone groups is 1. The number of hydrogen-bond donors (Lipinski definition) is 0. The zero-order chi connectivity index (χ0) is 13.1. The van der Waals surface area contributed by atoms with Crippen LogP contribution in [0.2, 0.25) is 0 Å². The summed E-state index contributed by atoms with van der Waals surface area (Å²) in [6, 6.07) is 0.0388. The molecule has 17 heavy (non-hydrogen) atoms. The molecule has 1 aliphatic heterocycles. The lowest BCUT2D eigenvalue weighted by molar-refractivity contribution is -0.148. The van der Waals surface area contributed by atoms with E-state index < -0.39 is 9.84 Å². The largest absolute Gasteiger partial charge is 0.466 e. The van der Waals surface area contributed by atoms with Crippen LogP contribution in [0.25, 0.3) is 0 Å². The zero-order valence-electron chi connectivity index (χ0n) is 10.7. The smallest absolute Gasteiger partial charge is 0.309 e. The molecule has 0 radical (unpaired) electrons. The topological polar surface area (TPSA) is 63.7 Å². The number of rotatable bonds is 5. The van der Waals surface area contributed by atoms with Gasteiger partial charge in [0.2, 0.25) is 0 Å². The molecule has 100 valence electrons. The van der Waals surface area contributed by atoms with Crippen LogP contribution in [0.5, 0.6) is 0 Å². The molecule has 2 atom stereocenters. The van der Waals surface area contributed by atoms with Crippen molar-refractivity contribution in [3.63, 3.8) is 0 Å². The van der Waals surface area contributed by atoms with Gasteiger partial charge in [-0.05, 0) is 20.4 Å². The van der Waals surface area contributed by atoms with Crippen LogP contribution in [0.3, 0.4) is 0 Å². The van der Waals surface area contributed by atoms with Gasteiger partial charge in [-0.3, -0.25) is 4.79 Å². The van der Waals surface area contributed by atoms with E-state index in [0.717, 1.165) is 0 Å². The average molecular weight is 263 g/mol. The molecule has 1 rings (SSSR count). The molecule has 0 saturated carbocycles. The highest BCUT2D eigenvalue weighted by molar-refractivity contribution is 7.91. The van der Waals surface area contributed by atoms with Gasteiger partial charge in [-0.15, -0.1) is 0 Å². The van der Waals surface area contributed by atoms with Gasteiger partial charge in [0.1, 0.15) is 0 Å². The first-order chi connectivity index (χ1) is 7.85. The van der Waals surface area contributed by atoms with E-state index in [-0.39, 0.29) is 29.4 Å². The fraction of sp³-hybridized carbons (Fsp3) is 0.909. The molecule has 1 aliphatic rings. The van der Waals surface area contributed by atoms with E-state index in [2.05, 4.69) is 0 Å². The van der Waals surface area contributed by atoms with Crippen molar-refractivity contribution in [2.45, 2.75) is 26.3 Å². The normalized spacial score (nSPS) is 24.8. The Morgan fingerprint density at radius 2 is 2.18 bits per heavy atom. The van der Waals surface area contributed by atoms with Crippen molar-refractivity contribution in [3.8, 4) is 0 Å². The van der Waals surface area contributed by atoms with Crippen LogP contribution in [-0.4, -0.2) is 57.0 Å². The van der Waals surface area contributed by atoms with E-state index in [1.807, 2.05) is 11.9 Å². The maximum atomic E-state index is 11.5. The number of carbonyl (C=O) groups excluding carboxylic acids is 1. The lowest BCUT2D eigenvalue weighted by Gasteiger charge is -2.25. The third-order valence-corrected chi connectivity index (χ3v) is 4.83. The Kier molecular flexibility index (Phi) is 4.94. The summed E-state index contributed by atoms with van der Waals surface area (Å²) in [6.07, 6.45) is 0.661. The predicted octanol–water partition coefficient (Wildman–Crippen LogP) is 0.305. The monoisotopic (exact) mass is 263 g/mol. The Bertz CT molecular complexity index is 366. The maximum Gasteiger partial charge on any atom is 0.309 e. The van der Waals surface area contributed by atoms with Crippen molar-refractivity contribution in [1.82, 2.24) is 4.90 Å². The second-order valence-electron chi connectivity index (χ2n) is 4.65. The van der Waals surface area contributed by atoms with Crippen LogP contribution in [0.15, 0.2) is 0 Å². The summed E-state index contributed by atoms with van der Waals surface area (Å²) in [5.74, 6) is 0.0259. The molecule has 0 amide bonds. The molecule has 0 aromatic rings. The highest BCUT2D eigenvalue weighted by Crippen LogP contribution is 2.17. The summed E-state index contributed by atoms with van der Waals surface area (Å²) in [6.45, 7) is 4.50. The van der Waals surface area contributed by atoms with E-state index in [9.17, 15) is 13.2 Å². The lowest BCUT2D eigenvalue weighted by atomic mass is 10.1. The third-order valence-electron chi connectivity index (χ3n) is 3.08. The summed E-state index contributed by atoms with van der Waals surface area (Å²) in [5, 5.41) is 0. The van der Waals surface area contributed by atoms with Crippen molar-refractivity contribution in [2.75, 3.05) is 31.7 Å². The maximum absolute atomic E-state index is 11.5. The molecule has 1 heterocycles. The molecular formula is C11H21NO4S. The molecule has 0 N–H and O–H groups in total. The Labute approximate surface area is 103 Å². The Hall–Kier alpha value is -0.620. The van der Waals surface area contributed by atoms with Crippen molar-refractivity contribution in [2.24, 2.45) is 5.92 Å². The van der Waals surface area contributed by atoms with Crippen molar-refractivity contribution < 1.29 is 17.9 Å². The summed E-state index contributed by atoms with van der Waals surface area (Å²) in [4.78, 5) is 13.4. The van der Waals surface area contributed by atoms with Gasteiger partial charge < -0.3 is 9.64 Å². The van der Waals surface area contributed by atoms with E-state index in [4.69, 9.17) is 4.74 Å². The van der Waals surface area contributed by atoms with Crippen LogP contribution in [0.1, 0.15) is 20.3 Å². The Morgan fingerprint density at radius 1 is 1.53 bits per heavy atom. The van der Waals surface area contributed by atoms with E-state index in [0.29, 0.717) is 19.6 Å². The summed E-state index contributed by atoms with van der Waals surface area (Å²) >= 11 is 0. The van der Waals surface area contributed by atoms with Gasteiger partial charge >= 0.3 is 5.97 Å². The van der Waals surface area contributed by atoms with E-state index in [1.54, 1.807) is 13.8 Å². The molecule has 2 unspecified atom stereocenters. The first kappa shape index (κ1) is 14.4. The summed E-state index contributed by atoms with van der Waals surface area (Å²) in [5.41, 5.74) is 0. The summed E-state index contributed by atoms with van der Waals surface area (Å²) in [7, 11) is -1.00. The van der Waals surface area contributed by atoms with Gasteiger partial charge in [0.05, 0.1) is 24.0 Å². The number of carbonyl (C=O) groups is 1. The van der Waals surface area contributed by atoms with Crippen molar-refractivity contribution in [3.05, 3.63) is 0 Å². The number of hydrogen-bond acceptors (Lipinski definition) is 5. The Balaban J connectivity index is 2.44. The molecule has 1 saturated heterocycles. The van der Waals surface area contributed by atoms with Crippen LogP contribution in [0, 0.1) is 5.92 Å². The Morgan fingerprint density at radius 3 is 2.65 bits per heavy atom. The molecule has 0 spiro atoms. The van der Waals surface area contributed by atoms with Gasteiger partial charge in [0.25, 0.3) is 0 Å². The van der Waals surface area contributed by atoms with Gasteiger partial charge in [0.15, 0.2) is 9.84 Å². The fourth-order valence-electron chi connectivity index (χ4n) is 2.06. The fourth-order valence-corrected chi connectivity index (χ4v) is 3.87.